The van der Waals surface area contributed by atoms with Crippen LogP contribution in [0, 0.1) is 17.8 Å². The van der Waals surface area contributed by atoms with Gasteiger partial charge in [0.1, 0.15) is 4.88 Å². The maximum Gasteiger partial charge on any atom is 0.265 e. The van der Waals surface area contributed by atoms with Crippen LogP contribution in [0.15, 0.2) is 11.4 Å². The first-order chi connectivity index (χ1) is 9.72. The van der Waals surface area contributed by atoms with Crippen molar-refractivity contribution in [1.82, 2.24) is 4.90 Å². The Bertz CT molecular complexity index is 511. The first-order valence-electron chi connectivity index (χ1n) is 6.82. The lowest BCUT2D eigenvalue weighted by Gasteiger charge is -2.16. The Morgan fingerprint density at radius 2 is 2.40 bits per heavy atom. The van der Waals surface area contributed by atoms with Gasteiger partial charge < -0.3 is 15.4 Å². The van der Waals surface area contributed by atoms with E-state index in [2.05, 4.69) is 11.8 Å². The minimum atomic E-state index is -0.00339. The fourth-order valence-corrected chi connectivity index (χ4v) is 2.57. The summed E-state index contributed by atoms with van der Waals surface area (Å²) in [5, 5.41) is 1.88. The molecule has 1 aromatic rings. The zero-order valence-corrected chi connectivity index (χ0v) is 12.5. The van der Waals surface area contributed by atoms with E-state index in [1.54, 1.807) is 11.9 Å². The molecule has 1 aliphatic rings. The van der Waals surface area contributed by atoms with Gasteiger partial charge in [-0.25, -0.2) is 0 Å². The third kappa shape index (κ3) is 4.34. The number of carbonyl (C=O) groups excluding carboxylic acids is 1. The Kier molecular flexibility index (Phi) is 5.60. The van der Waals surface area contributed by atoms with Gasteiger partial charge in [-0.05, 0) is 30.2 Å². The second-order valence-corrected chi connectivity index (χ2v) is 5.83. The standard InChI is InChI=1S/C15H20N2O2S/c1-17(8-9-19-11-12-4-5-12)15(18)14-13(3-2-7-16)6-10-20-14/h6,10,12H,4-5,7-9,11,16H2,1H3. The Morgan fingerprint density at radius 1 is 1.60 bits per heavy atom. The molecule has 0 aromatic carbocycles. The minimum Gasteiger partial charge on any atom is -0.379 e. The van der Waals surface area contributed by atoms with Crippen LogP contribution in [-0.2, 0) is 4.74 Å². The zero-order valence-electron chi connectivity index (χ0n) is 11.7. The van der Waals surface area contributed by atoms with Crippen LogP contribution < -0.4 is 5.73 Å². The highest BCUT2D eigenvalue weighted by Crippen LogP contribution is 2.28. The Hall–Kier alpha value is -1.35. The molecular formula is C15H20N2O2S. The molecule has 108 valence electrons. The Balaban J connectivity index is 1.83. The Morgan fingerprint density at radius 3 is 3.10 bits per heavy atom. The molecule has 1 aliphatic carbocycles. The lowest BCUT2D eigenvalue weighted by molar-refractivity contribution is 0.0685. The van der Waals surface area contributed by atoms with E-state index in [0.29, 0.717) is 24.6 Å². The molecule has 1 heterocycles. The number of carbonyl (C=O) groups is 1. The number of ether oxygens (including phenoxy) is 1. The summed E-state index contributed by atoms with van der Waals surface area (Å²) in [4.78, 5) is 14.7. The van der Waals surface area contributed by atoms with Crippen molar-refractivity contribution in [2.24, 2.45) is 11.7 Å². The fourth-order valence-electron chi connectivity index (χ4n) is 1.73. The van der Waals surface area contributed by atoms with Crippen molar-refractivity contribution in [3.05, 3.63) is 21.9 Å². The van der Waals surface area contributed by atoms with Crippen LogP contribution in [0.5, 0.6) is 0 Å². The molecule has 0 radical (unpaired) electrons. The summed E-state index contributed by atoms with van der Waals surface area (Å²) in [7, 11) is 1.79. The summed E-state index contributed by atoms with van der Waals surface area (Å²) in [5.41, 5.74) is 6.12. The molecule has 2 N–H and O–H groups in total. The van der Waals surface area contributed by atoms with Gasteiger partial charge in [0.15, 0.2) is 0 Å². The third-order valence-corrected chi connectivity index (χ3v) is 4.06. The largest absolute Gasteiger partial charge is 0.379 e. The van der Waals surface area contributed by atoms with E-state index in [1.165, 1.54) is 24.2 Å². The Labute approximate surface area is 123 Å². The summed E-state index contributed by atoms with van der Waals surface area (Å²) in [5.74, 6) is 6.47. The number of hydrogen-bond donors (Lipinski definition) is 1. The highest BCUT2D eigenvalue weighted by molar-refractivity contribution is 7.12. The van der Waals surface area contributed by atoms with Crippen molar-refractivity contribution in [1.29, 1.82) is 0 Å². The van der Waals surface area contributed by atoms with Crippen LogP contribution in [-0.4, -0.2) is 44.2 Å². The number of nitrogens with two attached hydrogens (primary N) is 1. The van der Waals surface area contributed by atoms with Gasteiger partial charge in [-0.1, -0.05) is 11.8 Å². The van der Waals surface area contributed by atoms with Crippen LogP contribution in [0.25, 0.3) is 0 Å². The van der Waals surface area contributed by atoms with Gasteiger partial charge in [0.05, 0.1) is 13.2 Å². The van der Waals surface area contributed by atoms with Gasteiger partial charge in [-0.2, -0.15) is 0 Å². The monoisotopic (exact) mass is 292 g/mol. The van der Waals surface area contributed by atoms with E-state index in [4.69, 9.17) is 10.5 Å². The van der Waals surface area contributed by atoms with Crippen LogP contribution in [0.1, 0.15) is 28.1 Å². The van der Waals surface area contributed by atoms with E-state index in [0.717, 1.165) is 18.1 Å². The molecule has 0 saturated heterocycles. The number of thiophene rings is 1. The molecule has 4 nitrogen and oxygen atoms in total. The number of rotatable bonds is 6. The maximum absolute atomic E-state index is 12.3. The zero-order chi connectivity index (χ0) is 14.4. The number of likely N-dealkylation sites (N-methyl/N-ethyl adjacent to an activating group) is 1. The summed E-state index contributed by atoms with van der Waals surface area (Å²) in [6.45, 7) is 2.32. The van der Waals surface area contributed by atoms with Crippen LogP contribution in [0.4, 0.5) is 0 Å². The second kappa shape index (κ2) is 7.44. The average Bonchev–Trinajstić information content (AvgIpc) is 3.16. The average molecular weight is 292 g/mol. The van der Waals surface area contributed by atoms with Gasteiger partial charge in [-0.15, -0.1) is 11.3 Å². The highest BCUT2D eigenvalue weighted by atomic mass is 32.1. The normalized spacial score (nSPS) is 13.7. The topological polar surface area (TPSA) is 55.6 Å². The van der Waals surface area contributed by atoms with E-state index in [9.17, 15) is 4.79 Å². The predicted molar refractivity (Wildman–Crippen MR) is 80.8 cm³/mol. The summed E-state index contributed by atoms with van der Waals surface area (Å²) in [6.07, 6.45) is 2.57. The maximum atomic E-state index is 12.3. The molecule has 5 heteroatoms. The number of nitrogens with zero attached hydrogens (tertiary/aromatic N) is 1. The summed E-state index contributed by atoms with van der Waals surface area (Å²) >= 11 is 1.42. The molecule has 1 aromatic heterocycles. The molecule has 2 rings (SSSR count). The van der Waals surface area contributed by atoms with Crippen LogP contribution in [0.2, 0.25) is 0 Å². The first-order valence-corrected chi connectivity index (χ1v) is 7.70. The van der Waals surface area contributed by atoms with Gasteiger partial charge >= 0.3 is 0 Å². The molecule has 0 bridgehead atoms. The van der Waals surface area contributed by atoms with E-state index < -0.39 is 0 Å². The van der Waals surface area contributed by atoms with Crippen LogP contribution >= 0.6 is 11.3 Å². The smallest absolute Gasteiger partial charge is 0.265 e. The third-order valence-electron chi connectivity index (χ3n) is 3.15. The van der Waals surface area contributed by atoms with Gasteiger partial charge in [0, 0.05) is 25.8 Å². The van der Waals surface area contributed by atoms with Gasteiger partial charge in [0.2, 0.25) is 0 Å². The molecule has 1 amide bonds. The van der Waals surface area contributed by atoms with E-state index in [1.807, 2.05) is 11.4 Å². The lowest BCUT2D eigenvalue weighted by atomic mass is 10.2. The molecule has 20 heavy (non-hydrogen) atoms. The summed E-state index contributed by atoms with van der Waals surface area (Å²) in [6, 6.07) is 1.86. The van der Waals surface area contributed by atoms with Crippen molar-refractivity contribution in [3.63, 3.8) is 0 Å². The van der Waals surface area contributed by atoms with Crippen molar-refractivity contribution >= 4 is 17.2 Å². The second-order valence-electron chi connectivity index (χ2n) is 4.91. The molecule has 0 spiro atoms. The van der Waals surface area contributed by atoms with Crippen molar-refractivity contribution in [2.45, 2.75) is 12.8 Å². The first kappa shape index (κ1) is 15.0. The molecule has 0 atom stereocenters. The molecule has 1 fully saturated rings. The van der Waals surface area contributed by atoms with Gasteiger partial charge in [-0.3, -0.25) is 4.79 Å². The quantitative estimate of drug-likeness (QED) is 0.639. The summed E-state index contributed by atoms with van der Waals surface area (Å²) < 4.78 is 5.56. The van der Waals surface area contributed by atoms with Crippen molar-refractivity contribution in [2.75, 3.05) is 33.4 Å². The van der Waals surface area contributed by atoms with E-state index in [-0.39, 0.29) is 5.91 Å². The fraction of sp³-hybridized carbons (Fsp3) is 0.533. The van der Waals surface area contributed by atoms with Crippen LogP contribution in [0.3, 0.4) is 0 Å². The molecular weight excluding hydrogens is 272 g/mol. The molecule has 0 aliphatic heterocycles. The van der Waals surface area contributed by atoms with Crippen molar-refractivity contribution in [3.8, 4) is 11.8 Å². The minimum absolute atomic E-state index is 0.00339. The van der Waals surface area contributed by atoms with Crippen molar-refractivity contribution < 1.29 is 9.53 Å². The number of hydrogen-bond acceptors (Lipinski definition) is 4. The SMILES string of the molecule is CN(CCOCC1CC1)C(=O)c1sccc1C#CCN. The number of amides is 1. The predicted octanol–water partition coefficient (Wildman–Crippen LogP) is 1.56. The highest BCUT2D eigenvalue weighted by Gasteiger charge is 2.21. The van der Waals surface area contributed by atoms with E-state index >= 15 is 0 Å². The lowest BCUT2D eigenvalue weighted by Crippen LogP contribution is -2.30. The molecule has 0 unspecified atom stereocenters. The van der Waals surface area contributed by atoms with Gasteiger partial charge in [0.25, 0.3) is 5.91 Å². The molecule has 1 saturated carbocycles.